The molecule has 82 valence electrons. The zero-order chi connectivity index (χ0) is 11.5. The molecule has 2 aromatic rings. The molecule has 6 heteroatoms. The van der Waals surface area contributed by atoms with Gasteiger partial charge in [-0.1, -0.05) is 11.6 Å². The molecule has 0 aliphatic rings. The number of halogens is 3. The van der Waals surface area contributed by atoms with Crippen LogP contribution in [0.2, 0.25) is 5.02 Å². The molecule has 2 rings (SSSR count). The molecular formula is C10H6ClFIN3. The van der Waals surface area contributed by atoms with Crippen LogP contribution in [0.4, 0.5) is 15.9 Å². The highest BCUT2D eigenvalue weighted by Crippen LogP contribution is 2.23. The summed E-state index contributed by atoms with van der Waals surface area (Å²) in [6.45, 7) is 0. The number of aromatic nitrogens is 2. The summed E-state index contributed by atoms with van der Waals surface area (Å²) >= 11 is 7.78. The van der Waals surface area contributed by atoms with Gasteiger partial charge in [0.15, 0.2) is 0 Å². The van der Waals surface area contributed by atoms with Gasteiger partial charge in [0.1, 0.15) is 18.0 Å². The van der Waals surface area contributed by atoms with E-state index in [0.717, 1.165) is 3.57 Å². The van der Waals surface area contributed by atoms with Crippen LogP contribution in [-0.2, 0) is 0 Å². The fraction of sp³-hybridized carbons (Fsp3) is 0. The maximum atomic E-state index is 12.9. The summed E-state index contributed by atoms with van der Waals surface area (Å²) in [5, 5.41) is 3.11. The van der Waals surface area contributed by atoms with Crippen molar-refractivity contribution in [1.82, 2.24) is 9.97 Å². The van der Waals surface area contributed by atoms with Crippen LogP contribution in [0, 0.1) is 9.39 Å². The highest BCUT2D eigenvalue weighted by Gasteiger charge is 2.04. The monoisotopic (exact) mass is 349 g/mol. The lowest BCUT2D eigenvalue weighted by Crippen LogP contribution is -1.97. The Morgan fingerprint density at radius 2 is 2.19 bits per heavy atom. The molecule has 1 N–H and O–H groups in total. The first-order valence-corrected chi connectivity index (χ1v) is 5.80. The van der Waals surface area contributed by atoms with Crippen LogP contribution in [0.25, 0.3) is 0 Å². The Bertz CT molecular complexity index is 521. The van der Waals surface area contributed by atoms with Crippen LogP contribution in [0.3, 0.4) is 0 Å². The van der Waals surface area contributed by atoms with Gasteiger partial charge in [0.2, 0.25) is 0 Å². The van der Waals surface area contributed by atoms with Gasteiger partial charge in [-0.05, 0) is 40.8 Å². The molecule has 0 amide bonds. The van der Waals surface area contributed by atoms with Crippen molar-refractivity contribution in [2.45, 2.75) is 0 Å². The van der Waals surface area contributed by atoms with Crippen molar-refractivity contribution < 1.29 is 4.39 Å². The van der Waals surface area contributed by atoms with Crippen LogP contribution < -0.4 is 5.32 Å². The first-order valence-electron chi connectivity index (χ1n) is 4.34. The third kappa shape index (κ3) is 2.59. The normalized spacial score (nSPS) is 10.2. The van der Waals surface area contributed by atoms with Crippen molar-refractivity contribution in [3.63, 3.8) is 0 Å². The lowest BCUT2D eigenvalue weighted by atomic mass is 10.3. The minimum atomic E-state index is -0.440. The summed E-state index contributed by atoms with van der Waals surface area (Å²) < 4.78 is 13.8. The summed E-state index contributed by atoms with van der Waals surface area (Å²) in [7, 11) is 0. The number of rotatable bonds is 2. The SMILES string of the molecule is Fc1ccc(Nc2ncncc2I)cc1Cl. The van der Waals surface area contributed by atoms with Crippen LogP contribution in [-0.4, -0.2) is 9.97 Å². The molecule has 0 bridgehead atoms. The van der Waals surface area contributed by atoms with E-state index in [1.807, 2.05) is 0 Å². The first-order chi connectivity index (χ1) is 7.66. The first kappa shape index (κ1) is 11.5. The Balaban J connectivity index is 2.28. The van der Waals surface area contributed by atoms with Crippen LogP contribution >= 0.6 is 34.2 Å². The smallest absolute Gasteiger partial charge is 0.147 e. The highest BCUT2D eigenvalue weighted by atomic mass is 127. The average Bonchev–Trinajstić information content (AvgIpc) is 2.27. The fourth-order valence-electron chi connectivity index (χ4n) is 1.12. The maximum absolute atomic E-state index is 12.9. The predicted molar refractivity (Wildman–Crippen MR) is 69.4 cm³/mol. The predicted octanol–water partition coefficient (Wildman–Crippen LogP) is 3.62. The summed E-state index contributed by atoms with van der Waals surface area (Å²) in [6, 6.07) is 4.41. The summed E-state index contributed by atoms with van der Waals surface area (Å²) in [5.74, 6) is 0.225. The van der Waals surface area contributed by atoms with Crippen LogP contribution in [0.15, 0.2) is 30.7 Å². The highest BCUT2D eigenvalue weighted by molar-refractivity contribution is 14.1. The number of hydrogen-bond donors (Lipinski definition) is 1. The van der Waals surface area contributed by atoms with E-state index < -0.39 is 5.82 Å². The number of nitrogens with one attached hydrogen (secondary N) is 1. The van der Waals surface area contributed by atoms with Gasteiger partial charge in [0.25, 0.3) is 0 Å². The molecule has 1 aromatic carbocycles. The third-order valence-corrected chi connectivity index (χ3v) is 2.93. The van der Waals surface area contributed by atoms with E-state index in [9.17, 15) is 4.39 Å². The summed E-state index contributed by atoms with van der Waals surface area (Å²) in [5.41, 5.74) is 0.683. The zero-order valence-electron chi connectivity index (χ0n) is 7.92. The Labute approximate surface area is 110 Å². The van der Waals surface area contributed by atoms with Gasteiger partial charge < -0.3 is 5.32 Å². The summed E-state index contributed by atoms with van der Waals surface area (Å²) in [4.78, 5) is 7.93. The van der Waals surface area contributed by atoms with E-state index in [1.165, 1.54) is 18.5 Å². The molecule has 0 spiro atoms. The standard InChI is InChI=1S/C10H6ClFIN3/c11-7-3-6(1-2-8(7)12)16-10-9(13)4-14-5-15-10/h1-5H,(H,14,15,16). The second-order valence-corrected chi connectivity index (χ2v) is 4.54. The Kier molecular flexibility index (Phi) is 3.55. The number of anilines is 2. The molecule has 0 aliphatic heterocycles. The lowest BCUT2D eigenvalue weighted by Gasteiger charge is -2.07. The van der Waals surface area contributed by atoms with Crippen LogP contribution in [0.1, 0.15) is 0 Å². The molecule has 0 radical (unpaired) electrons. The Morgan fingerprint density at radius 1 is 1.38 bits per heavy atom. The van der Waals surface area contributed by atoms with E-state index in [4.69, 9.17) is 11.6 Å². The quantitative estimate of drug-likeness (QED) is 0.842. The fourth-order valence-corrected chi connectivity index (χ4v) is 1.73. The number of hydrogen-bond acceptors (Lipinski definition) is 3. The van der Waals surface area contributed by atoms with E-state index in [-0.39, 0.29) is 5.02 Å². The van der Waals surface area contributed by atoms with Crippen molar-refractivity contribution in [1.29, 1.82) is 0 Å². The van der Waals surface area contributed by atoms with E-state index in [0.29, 0.717) is 11.5 Å². The maximum Gasteiger partial charge on any atom is 0.147 e. The second-order valence-electron chi connectivity index (χ2n) is 2.97. The largest absolute Gasteiger partial charge is 0.339 e. The van der Waals surface area contributed by atoms with Gasteiger partial charge in [-0.3, -0.25) is 0 Å². The topological polar surface area (TPSA) is 37.8 Å². The average molecular weight is 350 g/mol. The van der Waals surface area contributed by atoms with Gasteiger partial charge in [0.05, 0.1) is 8.59 Å². The molecule has 16 heavy (non-hydrogen) atoms. The van der Waals surface area contributed by atoms with E-state index in [2.05, 4.69) is 37.9 Å². The molecular weight excluding hydrogens is 343 g/mol. The van der Waals surface area contributed by atoms with Gasteiger partial charge in [-0.25, -0.2) is 14.4 Å². The molecule has 0 aliphatic carbocycles. The molecule has 1 aromatic heterocycles. The van der Waals surface area contributed by atoms with Crippen molar-refractivity contribution in [3.05, 3.63) is 45.1 Å². The van der Waals surface area contributed by atoms with Gasteiger partial charge in [-0.2, -0.15) is 0 Å². The van der Waals surface area contributed by atoms with Gasteiger partial charge in [0, 0.05) is 11.9 Å². The second kappa shape index (κ2) is 4.92. The molecule has 1 heterocycles. The molecule has 3 nitrogen and oxygen atoms in total. The summed E-state index contributed by atoms with van der Waals surface area (Å²) in [6.07, 6.45) is 3.12. The molecule has 0 saturated heterocycles. The van der Waals surface area contributed by atoms with Gasteiger partial charge in [-0.15, -0.1) is 0 Å². The minimum absolute atomic E-state index is 0.0778. The molecule has 0 atom stereocenters. The number of benzene rings is 1. The van der Waals surface area contributed by atoms with E-state index in [1.54, 1.807) is 12.3 Å². The molecule has 0 saturated carbocycles. The van der Waals surface area contributed by atoms with Crippen LogP contribution in [0.5, 0.6) is 0 Å². The van der Waals surface area contributed by atoms with Crippen molar-refractivity contribution in [2.75, 3.05) is 5.32 Å². The van der Waals surface area contributed by atoms with Crippen molar-refractivity contribution in [3.8, 4) is 0 Å². The Hall–Kier alpha value is -0.950. The Morgan fingerprint density at radius 3 is 2.88 bits per heavy atom. The number of nitrogens with zero attached hydrogens (tertiary/aromatic N) is 2. The van der Waals surface area contributed by atoms with Crippen molar-refractivity contribution >= 4 is 45.7 Å². The zero-order valence-corrected chi connectivity index (χ0v) is 10.8. The van der Waals surface area contributed by atoms with Gasteiger partial charge >= 0.3 is 0 Å². The third-order valence-electron chi connectivity index (χ3n) is 1.85. The van der Waals surface area contributed by atoms with Crippen molar-refractivity contribution in [2.24, 2.45) is 0 Å². The minimum Gasteiger partial charge on any atom is -0.339 e. The molecule has 0 fully saturated rings. The van der Waals surface area contributed by atoms with E-state index >= 15 is 0 Å². The molecule has 0 unspecified atom stereocenters. The lowest BCUT2D eigenvalue weighted by molar-refractivity contribution is 0.628.